The van der Waals surface area contributed by atoms with Gasteiger partial charge in [0, 0.05) is 31.1 Å². The van der Waals surface area contributed by atoms with E-state index in [-0.39, 0.29) is 29.5 Å². The van der Waals surface area contributed by atoms with Gasteiger partial charge in [-0.05, 0) is 71.8 Å². The molecular formula is C23H43IN6O. The summed E-state index contributed by atoms with van der Waals surface area (Å²) in [6, 6.07) is 2.09. The van der Waals surface area contributed by atoms with Gasteiger partial charge in [-0.3, -0.25) is 9.89 Å². The normalized spacial score (nSPS) is 20.5. The van der Waals surface area contributed by atoms with Crippen molar-refractivity contribution in [2.45, 2.75) is 76.8 Å². The Morgan fingerprint density at radius 1 is 1.13 bits per heavy atom. The molecule has 1 aromatic rings. The van der Waals surface area contributed by atoms with E-state index in [9.17, 15) is 0 Å². The van der Waals surface area contributed by atoms with E-state index in [2.05, 4.69) is 57.5 Å². The number of nitrogens with one attached hydrogen (secondary N) is 2. The van der Waals surface area contributed by atoms with Crippen LogP contribution in [0.2, 0.25) is 0 Å². The molecule has 1 aromatic heterocycles. The van der Waals surface area contributed by atoms with Crippen molar-refractivity contribution in [1.29, 1.82) is 0 Å². The number of halogens is 1. The molecule has 0 spiro atoms. The van der Waals surface area contributed by atoms with Crippen molar-refractivity contribution in [2.75, 3.05) is 46.8 Å². The lowest BCUT2D eigenvalue weighted by Gasteiger charge is -2.50. The maximum atomic E-state index is 5.56. The highest BCUT2D eigenvalue weighted by Crippen LogP contribution is 2.31. The molecule has 8 heteroatoms. The number of aromatic nitrogens is 1. The van der Waals surface area contributed by atoms with Crippen LogP contribution >= 0.6 is 24.0 Å². The van der Waals surface area contributed by atoms with Crippen molar-refractivity contribution in [2.24, 2.45) is 4.99 Å². The molecule has 0 bridgehead atoms. The minimum absolute atomic E-state index is 0. The second-order valence-corrected chi connectivity index (χ2v) is 9.09. The molecular weight excluding hydrogens is 503 g/mol. The fourth-order valence-corrected chi connectivity index (χ4v) is 4.96. The second-order valence-electron chi connectivity index (χ2n) is 9.09. The summed E-state index contributed by atoms with van der Waals surface area (Å²) in [7, 11) is 4.08. The Balaban J connectivity index is 0.00000341. The Morgan fingerprint density at radius 3 is 2.42 bits per heavy atom. The van der Waals surface area contributed by atoms with Gasteiger partial charge in [0.1, 0.15) is 0 Å². The van der Waals surface area contributed by atoms with Crippen molar-refractivity contribution >= 4 is 29.9 Å². The molecule has 3 heterocycles. The zero-order valence-electron chi connectivity index (χ0n) is 20.0. The van der Waals surface area contributed by atoms with Gasteiger partial charge in [0.05, 0.1) is 12.2 Å². The van der Waals surface area contributed by atoms with Crippen LogP contribution in [-0.2, 0) is 6.54 Å². The Kier molecular flexibility index (Phi) is 11.1. The van der Waals surface area contributed by atoms with Crippen LogP contribution in [-0.4, -0.2) is 73.3 Å². The van der Waals surface area contributed by atoms with Crippen LogP contribution in [0.25, 0.3) is 0 Å². The number of piperidine rings is 2. The summed E-state index contributed by atoms with van der Waals surface area (Å²) in [5, 5.41) is 11.3. The Hall–Kier alpha value is -0.870. The third-order valence-corrected chi connectivity index (χ3v) is 7.16. The SMILES string of the molecule is CCC(CC)c1cc(CNC(=NC)NCC2(N3CCCCC3)CCN(C)CC2)on1.I. The topological polar surface area (TPSA) is 68.9 Å². The van der Waals surface area contributed by atoms with E-state index < -0.39 is 0 Å². The number of guanidine groups is 1. The van der Waals surface area contributed by atoms with E-state index in [1.54, 1.807) is 0 Å². The van der Waals surface area contributed by atoms with Gasteiger partial charge >= 0.3 is 0 Å². The Morgan fingerprint density at radius 2 is 1.81 bits per heavy atom. The predicted molar refractivity (Wildman–Crippen MR) is 138 cm³/mol. The average Bonchev–Trinajstić information content (AvgIpc) is 3.25. The highest BCUT2D eigenvalue weighted by atomic mass is 127. The second kappa shape index (κ2) is 13.0. The van der Waals surface area contributed by atoms with Crippen LogP contribution in [0.4, 0.5) is 0 Å². The quantitative estimate of drug-likeness (QED) is 0.294. The zero-order chi connectivity index (χ0) is 21.4. The van der Waals surface area contributed by atoms with Gasteiger partial charge in [-0.25, -0.2) is 0 Å². The summed E-state index contributed by atoms with van der Waals surface area (Å²) in [6.07, 6.45) is 8.64. The standard InChI is InChI=1S/C23H42N6O.HI/c1-5-19(6-2)21-16-20(30-27-21)17-25-22(24-3)26-18-23(10-14-28(4)15-11-23)29-12-8-7-9-13-29;/h16,19H,5-15,17-18H2,1-4H3,(H2,24,25,26);1H. The van der Waals surface area contributed by atoms with E-state index >= 15 is 0 Å². The van der Waals surface area contributed by atoms with Crippen LogP contribution in [0.5, 0.6) is 0 Å². The maximum Gasteiger partial charge on any atom is 0.191 e. The van der Waals surface area contributed by atoms with E-state index in [1.165, 1.54) is 58.3 Å². The van der Waals surface area contributed by atoms with E-state index in [0.717, 1.165) is 36.8 Å². The van der Waals surface area contributed by atoms with Crippen molar-refractivity contribution in [3.8, 4) is 0 Å². The molecule has 7 nitrogen and oxygen atoms in total. The molecule has 0 amide bonds. The molecule has 2 fully saturated rings. The Bertz CT molecular complexity index is 661. The molecule has 0 saturated carbocycles. The van der Waals surface area contributed by atoms with Gasteiger partial charge < -0.3 is 20.1 Å². The molecule has 0 atom stereocenters. The smallest absolute Gasteiger partial charge is 0.191 e. The average molecular weight is 547 g/mol. The first kappa shape index (κ1) is 26.4. The van der Waals surface area contributed by atoms with Crippen LogP contribution in [0.3, 0.4) is 0 Å². The summed E-state index contributed by atoms with van der Waals surface area (Å²) in [5.41, 5.74) is 1.30. The van der Waals surface area contributed by atoms with Crippen molar-refractivity contribution in [1.82, 2.24) is 25.6 Å². The van der Waals surface area contributed by atoms with E-state index in [4.69, 9.17) is 4.52 Å². The lowest BCUT2D eigenvalue weighted by Crippen LogP contribution is -2.62. The summed E-state index contributed by atoms with van der Waals surface area (Å²) in [4.78, 5) is 9.66. The first-order valence-corrected chi connectivity index (χ1v) is 11.9. The molecule has 2 aliphatic heterocycles. The summed E-state index contributed by atoms with van der Waals surface area (Å²) in [6.45, 7) is 10.7. The van der Waals surface area contributed by atoms with Crippen LogP contribution in [0.1, 0.15) is 76.2 Å². The fourth-order valence-electron chi connectivity index (χ4n) is 4.96. The largest absolute Gasteiger partial charge is 0.359 e. The molecule has 178 valence electrons. The fraction of sp³-hybridized carbons (Fsp3) is 0.826. The molecule has 0 aliphatic carbocycles. The number of hydrogen-bond donors (Lipinski definition) is 2. The third-order valence-electron chi connectivity index (χ3n) is 7.16. The van der Waals surface area contributed by atoms with Crippen LogP contribution in [0.15, 0.2) is 15.6 Å². The Labute approximate surface area is 205 Å². The summed E-state index contributed by atoms with van der Waals surface area (Å²) < 4.78 is 5.56. The first-order chi connectivity index (χ1) is 14.6. The van der Waals surface area contributed by atoms with Gasteiger partial charge in [0.2, 0.25) is 0 Å². The molecule has 2 N–H and O–H groups in total. The number of rotatable bonds is 8. The molecule has 2 aliphatic rings. The number of nitrogens with zero attached hydrogens (tertiary/aromatic N) is 4. The van der Waals surface area contributed by atoms with Gasteiger partial charge in [0.15, 0.2) is 11.7 Å². The molecule has 31 heavy (non-hydrogen) atoms. The number of likely N-dealkylation sites (tertiary alicyclic amines) is 2. The number of hydrogen-bond acceptors (Lipinski definition) is 5. The zero-order valence-corrected chi connectivity index (χ0v) is 22.3. The van der Waals surface area contributed by atoms with Crippen LogP contribution < -0.4 is 10.6 Å². The summed E-state index contributed by atoms with van der Waals surface area (Å²) in [5.74, 6) is 2.18. The minimum Gasteiger partial charge on any atom is -0.359 e. The predicted octanol–water partition coefficient (Wildman–Crippen LogP) is 3.81. The lowest BCUT2D eigenvalue weighted by molar-refractivity contribution is 0.0173. The van der Waals surface area contributed by atoms with Crippen LogP contribution in [0, 0.1) is 0 Å². The van der Waals surface area contributed by atoms with E-state index in [1.807, 2.05) is 7.05 Å². The minimum atomic E-state index is 0. The monoisotopic (exact) mass is 546 g/mol. The van der Waals surface area contributed by atoms with Gasteiger partial charge in [0.25, 0.3) is 0 Å². The highest BCUT2D eigenvalue weighted by molar-refractivity contribution is 14.0. The van der Waals surface area contributed by atoms with Gasteiger partial charge in [-0.15, -0.1) is 24.0 Å². The molecule has 0 aromatic carbocycles. The molecule has 0 unspecified atom stereocenters. The maximum absolute atomic E-state index is 5.56. The highest BCUT2D eigenvalue weighted by Gasteiger charge is 2.39. The molecule has 2 saturated heterocycles. The third kappa shape index (κ3) is 7.05. The number of aliphatic imine (C=N–C) groups is 1. The van der Waals surface area contributed by atoms with Crippen molar-refractivity contribution in [3.05, 3.63) is 17.5 Å². The van der Waals surface area contributed by atoms with Crippen molar-refractivity contribution in [3.63, 3.8) is 0 Å². The van der Waals surface area contributed by atoms with E-state index in [0.29, 0.717) is 12.5 Å². The van der Waals surface area contributed by atoms with Crippen molar-refractivity contribution < 1.29 is 4.52 Å². The summed E-state index contributed by atoms with van der Waals surface area (Å²) >= 11 is 0. The first-order valence-electron chi connectivity index (χ1n) is 11.9. The molecule has 3 rings (SSSR count). The van der Waals surface area contributed by atoms with Gasteiger partial charge in [-0.2, -0.15) is 0 Å². The lowest BCUT2D eigenvalue weighted by atomic mass is 9.84. The molecule has 0 radical (unpaired) electrons. The van der Waals surface area contributed by atoms with Gasteiger partial charge in [-0.1, -0.05) is 25.4 Å².